The van der Waals surface area contributed by atoms with E-state index in [1.165, 1.54) is 13.3 Å². The molecule has 0 unspecified atom stereocenters. The molecule has 0 aromatic heterocycles. The van der Waals surface area contributed by atoms with Gasteiger partial charge in [-0.2, -0.15) is 10.2 Å². The van der Waals surface area contributed by atoms with Crippen LogP contribution in [0.4, 0.5) is 0 Å². The zero-order valence-corrected chi connectivity index (χ0v) is 17.9. The van der Waals surface area contributed by atoms with Crippen LogP contribution in [0.15, 0.2) is 28.4 Å². The molecule has 0 saturated carbocycles. The Bertz CT molecular complexity index is 518. The summed E-state index contributed by atoms with van der Waals surface area (Å²) in [4.78, 5) is 0. The van der Waals surface area contributed by atoms with E-state index in [0.29, 0.717) is 18.8 Å². The van der Waals surface area contributed by atoms with Crippen molar-refractivity contribution in [3.63, 3.8) is 0 Å². The maximum absolute atomic E-state index is 11.4. The molecule has 0 spiro atoms. The molecule has 6 heteroatoms. The number of ether oxygens (including phenoxy) is 1. The van der Waals surface area contributed by atoms with E-state index in [2.05, 4.69) is 51.7 Å². The summed E-state index contributed by atoms with van der Waals surface area (Å²) >= 11 is -0.182. The molecule has 0 amide bonds. The molecule has 1 rings (SSSR count). The molecule has 0 bridgehead atoms. The average Bonchev–Trinajstić information content (AvgIpc) is 2.37. The van der Waals surface area contributed by atoms with Gasteiger partial charge in [0.25, 0.3) is 0 Å². The Balaban J connectivity index is 0.000000468. The third-order valence-electron chi connectivity index (χ3n) is 2.29. The summed E-state index contributed by atoms with van der Waals surface area (Å²) in [5.41, 5.74) is 0.329. The number of hydrogen-bond donors (Lipinski definition) is 0. The third-order valence-corrected chi connectivity index (χ3v) is 6.57. The molecule has 1 aromatic rings. The van der Waals surface area contributed by atoms with E-state index >= 15 is 0 Å². The first-order valence-corrected chi connectivity index (χ1v) is 10.2. The maximum atomic E-state index is 11.4. The quantitative estimate of drug-likeness (QED) is 0.323. The molecule has 0 fully saturated rings. The van der Waals surface area contributed by atoms with Gasteiger partial charge in [0.15, 0.2) is 0 Å². The molecule has 0 aliphatic carbocycles. The van der Waals surface area contributed by atoms with Crippen molar-refractivity contribution in [2.75, 3.05) is 7.11 Å². The average molecular weight is 425 g/mol. The molecule has 0 saturated heterocycles. The van der Waals surface area contributed by atoms with Crippen molar-refractivity contribution in [1.29, 1.82) is 0 Å². The van der Waals surface area contributed by atoms with E-state index in [-0.39, 0.29) is 32.6 Å². The Morgan fingerprint density at radius 3 is 2.00 bits per heavy atom. The number of rotatable bonds is 3. The number of methoxy groups -OCH3 is 1. The fraction of sp³-hybridized carbons (Fsp3) is 0.529. The molecule has 0 atom stereocenters. The van der Waals surface area contributed by atoms with Gasteiger partial charge >= 0.3 is 69.5 Å². The zero-order valence-electron chi connectivity index (χ0n) is 15.0. The van der Waals surface area contributed by atoms with Crippen LogP contribution in [0.2, 0.25) is 6.86 Å². The van der Waals surface area contributed by atoms with Gasteiger partial charge in [-0.1, -0.05) is 17.9 Å². The fourth-order valence-electron chi connectivity index (χ4n) is 2.04. The van der Waals surface area contributed by atoms with Crippen molar-refractivity contribution < 1.29 is 14.9 Å². The first-order valence-electron chi connectivity index (χ1n) is 7.30. The Labute approximate surface area is 149 Å². The van der Waals surface area contributed by atoms with Crippen LogP contribution >= 0.6 is 0 Å². The van der Waals surface area contributed by atoms with Crippen molar-refractivity contribution in [3.05, 3.63) is 23.8 Å². The fourth-order valence-corrected chi connectivity index (χ4v) is 8.46. The number of para-hydroxylation sites is 1. The Hall–Kier alpha value is -1.24. The van der Waals surface area contributed by atoms with E-state index in [1.807, 2.05) is 0 Å². The predicted octanol–water partition coefficient (Wildman–Crippen LogP) is 2.62. The molecule has 1 aromatic carbocycles. The van der Waals surface area contributed by atoms with Crippen LogP contribution in [-0.4, -0.2) is 40.9 Å². The summed E-state index contributed by atoms with van der Waals surface area (Å²) in [6, 6.07) is 4.77. The van der Waals surface area contributed by atoms with Gasteiger partial charge in [-0.25, -0.2) is 0 Å². The van der Waals surface area contributed by atoms with Gasteiger partial charge in [0.05, 0.1) is 13.3 Å². The second kappa shape index (κ2) is 9.80. The summed E-state index contributed by atoms with van der Waals surface area (Å²) in [5, 5.41) is 27.7. The van der Waals surface area contributed by atoms with Crippen LogP contribution in [0.1, 0.15) is 47.1 Å². The summed E-state index contributed by atoms with van der Waals surface area (Å²) < 4.78 is 6.13. The van der Waals surface area contributed by atoms with Crippen LogP contribution in [-0.2, 0) is 0 Å². The van der Waals surface area contributed by atoms with Crippen LogP contribution in [0.3, 0.4) is 0 Å². The number of benzene rings is 1. The Kier molecular flexibility index (Phi) is 9.27. The van der Waals surface area contributed by atoms with E-state index in [1.54, 1.807) is 18.2 Å². The van der Waals surface area contributed by atoms with Gasteiger partial charge in [-0.3, -0.25) is 0 Å². The summed E-state index contributed by atoms with van der Waals surface area (Å²) in [6.07, 6.45) is 1.50. The molecule has 0 N–H and O–H groups in total. The van der Waals surface area contributed by atoms with Crippen molar-refractivity contribution in [3.8, 4) is 11.5 Å². The van der Waals surface area contributed by atoms with Crippen molar-refractivity contribution in [2.45, 2.75) is 48.4 Å². The number of hydrogen-bond acceptors (Lipinski definition) is 5. The van der Waals surface area contributed by atoms with Gasteiger partial charge in [0, 0.05) is 0 Å². The van der Waals surface area contributed by atoms with E-state index in [9.17, 15) is 10.2 Å². The van der Waals surface area contributed by atoms with Crippen molar-refractivity contribution in [1.82, 2.24) is 0 Å². The first kappa shape index (κ1) is 21.8. The SMILES string of the molecule is COc1cccc(/C=N/N=C\[O-])c1[O-].C[C](C)(C)[Sn+2][C](C)(C)C. The number of nitrogens with zero attached hydrogens (tertiary/aromatic N) is 2. The van der Waals surface area contributed by atoms with Crippen LogP contribution in [0.5, 0.6) is 11.5 Å². The van der Waals surface area contributed by atoms with Crippen molar-refractivity contribution in [2.24, 2.45) is 10.2 Å². The minimum atomic E-state index is -0.278. The van der Waals surface area contributed by atoms with Crippen LogP contribution < -0.4 is 14.9 Å². The van der Waals surface area contributed by atoms with Crippen molar-refractivity contribution >= 4 is 33.8 Å². The van der Waals surface area contributed by atoms with Gasteiger partial charge < -0.3 is 14.9 Å². The normalized spacial score (nSPS) is 12.0. The summed E-state index contributed by atoms with van der Waals surface area (Å²) in [5.74, 6) is -0.0418. The second-order valence-electron chi connectivity index (χ2n) is 6.97. The van der Waals surface area contributed by atoms with Gasteiger partial charge in [-0.05, 0) is 18.0 Å². The molecule has 23 heavy (non-hydrogen) atoms. The monoisotopic (exact) mass is 426 g/mol. The van der Waals surface area contributed by atoms with Gasteiger partial charge in [0.2, 0.25) is 0 Å². The molecule has 0 aliphatic heterocycles. The predicted molar refractivity (Wildman–Crippen MR) is 93.7 cm³/mol. The van der Waals surface area contributed by atoms with Crippen LogP contribution in [0.25, 0.3) is 0 Å². The van der Waals surface area contributed by atoms with E-state index in [0.717, 1.165) is 0 Å². The summed E-state index contributed by atoms with van der Waals surface area (Å²) in [6.45, 7) is 14.2. The molecule has 0 heterocycles. The van der Waals surface area contributed by atoms with Gasteiger partial charge in [0.1, 0.15) is 5.75 Å². The third kappa shape index (κ3) is 11.0. The van der Waals surface area contributed by atoms with E-state index < -0.39 is 0 Å². The molecule has 5 nitrogen and oxygen atoms in total. The molecule has 126 valence electrons. The topological polar surface area (TPSA) is 80.1 Å². The zero-order chi connectivity index (χ0) is 18.1. The van der Waals surface area contributed by atoms with Gasteiger partial charge in [-0.15, -0.1) is 0 Å². The standard InChI is InChI=1S/C9H10N2O3.2C4H9.Sn/c1-14-8-4-2-3-7(9(8)13)5-10-11-6-12;2*1-4(2)3;/h2-6,13H,1H3,(H,11,12);2*1-3H3;/q;;;+2/p-2/b10-5+;;;. The minimum absolute atomic E-state index is 0.182. The Morgan fingerprint density at radius 2 is 1.61 bits per heavy atom. The molecule has 0 aliphatic rings. The van der Waals surface area contributed by atoms with E-state index in [4.69, 9.17) is 4.74 Å². The van der Waals surface area contributed by atoms with Crippen LogP contribution in [0, 0.1) is 0 Å². The Morgan fingerprint density at radius 1 is 1.04 bits per heavy atom. The molecular formula is C17H26N2O3Sn. The summed E-state index contributed by atoms with van der Waals surface area (Å²) in [7, 11) is 1.41. The molecular weight excluding hydrogens is 399 g/mol. The first-order chi connectivity index (χ1) is 10.5. The second-order valence-corrected chi connectivity index (χ2v) is 16.2. The molecule has 0 radical (unpaired) electrons.